The van der Waals surface area contributed by atoms with E-state index >= 15 is 0 Å². The summed E-state index contributed by atoms with van der Waals surface area (Å²) >= 11 is 0. The molecule has 0 aliphatic carbocycles. The van der Waals surface area contributed by atoms with E-state index in [0.717, 1.165) is 16.7 Å². The second-order valence-electron chi connectivity index (χ2n) is 4.01. The molecule has 0 unspecified atom stereocenters. The number of nitrogens with one attached hydrogen (secondary N) is 2. The maximum atomic E-state index is 10.7. The van der Waals surface area contributed by atoms with Gasteiger partial charge in [0.15, 0.2) is 0 Å². The first-order valence-electron chi connectivity index (χ1n) is 5.91. The molecule has 2 aromatic rings. The number of hydrogen-bond acceptors (Lipinski definition) is 4. The average Bonchev–Trinajstić information content (AvgIpc) is 2.38. The molecule has 0 radical (unpaired) electrons. The van der Waals surface area contributed by atoms with Gasteiger partial charge in [0.1, 0.15) is 0 Å². The molecule has 0 spiro atoms. The van der Waals surface area contributed by atoms with Crippen molar-refractivity contribution in [2.75, 3.05) is 13.1 Å². The Kier molecular flexibility index (Phi) is 4.20. The van der Waals surface area contributed by atoms with Crippen LogP contribution in [0.5, 0.6) is 0 Å². The number of nitrogens with zero attached hydrogens (tertiary/aromatic N) is 2. The van der Waals surface area contributed by atoms with E-state index in [0.29, 0.717) is 19.6 Å². The lowest BCUT2D eigenvalue weighted by Gasteiger charge is -2.05. The number of para-hydroxylation sites is 2. The average molecular weight is 244 g/mol. The fourth-order valence-electron chi connectivity index (χ4n) is 1.62. The first-order chi connectivity index (χ1) is 8.75. The molecule has 0 bridgehead atoms. The molecule has 2 N–H and O–H groups in total. The highest BCUT2D eigenvalue weighted by molar-refractivity contribution is 5.73. The van der Waals surface area contributed by atoms with Gasteiger partial charge in [0.25, 0.3) is 0 Å². The fourth-order valence-corrected chi connectivity index (χ4v) is 1.62. The smallest absolute Gasteiger partial charge is 0.216 e. The Labute approximate surface area is 106 Å². The van der Waals surface area contributed by atoms with Crippen molar-refractivity contribution in [1.29, 1.82) is 0 Å². The molecule has 94 valence electrons. The largest absolute Gasteiger partial charge is 0.355 e. The van der Waals surface area contributed by atoms with Crippen molar-refractivity contribution < 1.29 is 4.79 Å². The van der Waals surface area contributed by atoms with E-state index in [1.54, 1.807) is 6.20 Å². The van der Waals surface area contributed by atoms with Crippen LogP contribution in [0.15, 0.2) is 30.5 Å². The van der Waals surface area contributed by atoms with Gasteiger partial charge in [-0.15, -0.1) is 0 Å². The van der Waals surface area contributed by atoms with Gasteiger partial charge >= 0.3 is 0 Å². The van der Waals surface area contributed by atoms with Crippen LogP contribution in [-0.4, -0.2) is 29.0 Å². The maximum Gasteiger partial charge on any atom is 0.216 e. The van der Waals surface area contributed by atoms with Gasteiger partial charge in [-0.25, -0.2) is 4.98 Å². The number of amides is 1. The number of hydrogen-bond donors (Lipinski definition) is 2. The van der Waals surface area contributed by atoms with Crippen LogP contribution in [0.1, 0.15) is 12.6 Å². The van der Waals surface area contributed by atoms with Crippen molar-refractivity contribution >= 4 is 16.9 Å². The lowest BCUT2D eigenvalue weighted by atomic mass is 10.3. The lowest BCUT2D eigenvalue weighted by Crippen LogP contribution is -2.30. The summed E-state index contributed by atoms with van der Waals surface area (Å²) in [4.78, 5) is 19.5. The predicted octanol–water partition coefficient (Wildman–Crippen LogP) is 0.855. The van der Waals surface area contributed by atoms with Crippen LogP contribution in [0.25, 0.3) is 11.0 Å². The standard InChI is InChI=1S/C13H16N4O/c1-10(18)15-7-6-14-8-11-9-16-12-4-2-3-5-13(12)17-11/h2-5,9,14H,6-8H2,1H3,(H,15,18). The molecule has 5 heteroatoms. The number of fused-ring (bicyclic) bond motifs is 1. The van der Waals surface area contributed by atoms with Crippen molar-refractivity contribution in [1.82, 2.24) is 20.6 Å². The molecule has 2 rings (SSSR count). The van der Waals surface area contributed by atoms with Crippen LogP contribution in [0.3, 0.4) is 0 Å². The quantitative estimate of drug-likeness (QED) is 0.765. The zero-order valence-corrected chi connectivity index (χ0v) is 10.3. The van der Waals surface area contributed by atoms with Crippen LogP contribution in [0.2, 0.25) is 0 Å². The molecule has 5 nitrogen and oxygen atoms in total. The summed E-state index contributed by atoms with van der Waals surface area (Å²) in [5.41, 5.74) is 2.70. The van der Waals surface area contributed by atoms with Gasteiger partial charge in [0.2, 0.25) is 5.91 Å². The number of carbonyl (C=O) groups excluding carboxylic acids is 1. The second-order valence-corrected chi connectivity index (χ2v) is 4.01. The Balaban J connectivity index is 1.86. The van der Waals surface area contributed by atoms with Gasteiger partial charge in [-0.1, -0.05) is 12.1 Å². The maximum absolute atomic E-state index is 10.7. The molecule has 1 amide bonds. The zero-order chi connectivity index (χ0) is 12.8. The third kappa shape index (κ3) is 3.49. The monoisotopic (exact) mass is 244 g/mol. The molecular weight excluding hydrogens is 228 g/mol. The minimum Gasteiger partial charge on any atom is -0.355 e. The van der Waals surface area contributed by atoms with Crippen molar-refractivity contribution in [3.63, 3.8) is 0 Å². The van der Waals surface area contributed by atoms with Crippen LogP contribution < -0.4 is 10.6 Å². The van der Waals surface area contributed by atoms with Crippen molar-refractivity contribution in [3.05, 3.63) is 36.2 Å². The third-order valence-corrected chi connectivity index (χ3v) is 2.48. The van der Waals surface area contributed by atoms with Gasteiger partial charge in [-0.3, -0.25) is 9.78 Å². The SMILES string of the molecule is CC(=O)NCCNCc1cnc2ccccc2n1. The highest BCUT2D eigenvalue weighted by atomic mass is 16.1. The Morgan fingerprint density at radius 2 is 2.00 bits per heavy atom. The van der Waals surface area contributed by atoms with Crippen molar-refractivity contribution in [2.45, 2.75) is 13.5 Å². The number of carbonyl (C=O) groups is 1. The molecular formula is C13H16N4O. The van der Waals surface area contributed by atoms with Crippen molar-refractivity contribution in [3.8, 4) is 0 Å². The first kappa shape index (κ1) is 12.4. The molecule has 0 saturated heterocycles. The lowest BCUT2D eigenvalue weighted by molar-refractivity contribution is -0.118. The normalized spacial score (nSPS) is 10.5. The molecule has 1 heterocycles. The fraction of sp³-hybridized carbons (Fsp3) is 0.308. The van der Waals surface area contributed by atoms with Crippen molar-refractivity contribution in [2.24, 2.45) is 0 Å². The number of benzene rings is 1. The Morgan fingerprint density at radius 1 is 1.22 bits per heavy atom. The molecule has 18 heavy (non-hydrogen) atoms. The Morgan fingerprint density at radius 3 is 2.78 bits per heavy atom. The van der Waals surface area contributed by atoms with Crippen LogP contribution in [-0.2, 0) is 11.3 Å². The minimum atomic E-state index is -0.0118. The molecule has 0 fully saturated rings. The van der Waals surface area contributed by atoms with Gasteiger partial charge in [0.05, 0.1) is 22.9 Å². The van der Waals surface area contributed by atoms with E-state index in [1.165, 1.54) is 6.92 Å². The van der Waals surface area contributed by atoms with E-state index < -0.39 is 0 Å². The molecule has 0 aliphatic heterocycles. The predicted molar refractivity (Wildman–Crippen MR) is 69.9 cm³/mol. The molecule has 1 aromatic heterocycles. The van der Waals surface area contributed by atoms with E-state index in [4.69, 9.17) is 0 Å². The van der Waals surface area contributed by atoms with E-state index in [9.17, 15) is 4.79 Å². The number of rotatable bonds is 5. The highest BCUT2D eigenvalue weighted by Crippen LogP contribution is 2.07. The van der Waals surface area contributed by atoms with Gasteiger partial charge in [0, 0.05) is 26.6 Å². The van der Waals surface area contributed by atoms with E-state index in [2.05, 4.69) is 20.6 Å². The summed E-state index contributed by atoms with van der Waals surface area (Å²) in [5.74, 6) is -0.0118. The second kappa shape index (κ2) is 6.07. The molecule has 1 aromatic carbocycles. The van der Waals surface area contributed by atoms with Crippen LogP contribution in [0, 0.1) is 0 Å². The van der Waals surface area contributed by atoms with Gasteiger partial charge in [-0.05, 0) is 12.1 Å². The summed E-state index contributed by atoms with van der Waals surface area (Å²) in [6.07, 6.45) is 1.77. The topological polar surface area (TPSA) is 66.9 Å². The summed E-state index contributed by atoms with van der Waals surface area (Å²) in [6.45, 7) is 3.50. The van der Waals surface area contributed by atoms with Crippen LogP contribution in [0.4, 0.5) is 0 Å². The van der Waals surface area contributed by atoms with Gasteiger partial charge < -0.3 is 10.6 Å². The Bertz CT molecular complexity index is 541. The summed E-state index contributed by atoms with van der Waals surface area (Å²) < 4.78 is 0. The summed E-state index contributed by atoms with van der Waals surface area (Å²) in [7, 11) is 0. The molecule has 0 atom stereocenters. The minimum absolute atomic E-state index is 0.0118. The summed E-state index contributed by atoms with van der Waals surface area (Å²) in [5, 5.41) is 5.93. The van der Waals surface area contributed by atoms with E-state index in [-0.39, 0.29) is 5.91 Å². The van der Waals surface area contributed by atoms with Crippen LogP contribution >= 0.6 is 0 Å². The number of aromatic nitrogens is 2. The first-order valence-corrected chi connectivity index (χ1v) is 5.91. The highest BCUT2D eigenvalue weighted by Gasteiger charge is 1.98. The third-order valence-electron chi connectivity index (χ3n) is 2.48. The summed E-state index contributed by atoms with van der Waals surface area (Å²) in [6, 6.07) is 7.78. The van der Waals surface area contributed by atoms with Gasteiger partial charge in [-0.2, -0.15) is 0 Å². The Hall–Kier alpha value is -2.01. The zero-order valence-electron chi connectivity index (χ0n) is 10.3. The van der Waals surface area contributed by atoms with E-state index in [1.807, 2.05) is 24.3 Å². The molecule has 0 aliphatic rings. The molecule has 0 saturated carbocycles.